The summed E-state index contributed by atoms with van der Waals surface area (Å²) in [6.45, 7) is 9.30. The summed E-state index contributed by atoms with van der Waals surface area (Å²) in [6, 6.07) is 4.60. The quantitative estimate of drug-likeness (QED) is 0.539. The fraction of sp³-hybridized carbons (Fsp3) is 0.474. The SMILES string of the molecule is COC(=O)c1cccc2c1N(CCN(C(C)C)C(C)C)C(=O)/C2=N\NC(N)=O. The predicted molar refractivity (Wildman–Crippen MR) is 106 cm³/mol. The number of ether oxygens (including phenoxy) is 1. The van der Waals surface area contributed by atoms with E-state index >= 15 is 0 Å². The number of nitrogens with two attached hydrogens (primary N) is 1. The van der Waals surface area contributed by atoms with Crippen LogP contribution >= 0.6 is 0 Å². The summed E-state index contributed by atoms with van der Waals surface area (Å²) >= 11 is 0. The number of nitrogens with zero attached hydrogens (tertiary/aromatic N) is 3. The molecule has 152 valence electrons. The monoisotopic (exact) mass is 389 g/mol. The lowest BCUT2D eigenvalue weighted by Gasteiger charge is -2.32. The highest BCUT2D eigenvalue weighted by Gasteiger charge is 2.38. The third-order valence-corrected chi connectivity index (χ3v) is 4.60. The lowest BCUT2D eigenvalue weighted by Crippen LogP contribution is -2.44. The van der Waals surface area contributed by atoms with Gasteiger partial charge in [0.05, 0.1) is 18.4 Å². The van der Waals surface area contributed by atoms with Crippen LogP contribution in [-0.4, -0.2) is 60.8 Å². The van der Waals surface area contributed by atoms with Crippen molar-refractivity contribution in [2.24, 2.45) is 10.8 Å². The zero-order valence-corrected chi connectivity index (χ0v) is 16.9. The summed E-state index contributed by atoms with van der Waals surface area (Å²) in [4.78, 5) is 40.1. The number of primary amides is 1. The van der Waals surface area contributed by atoms with Crippen molar-refractivity contribution < 1.29 is 19.1 Å². The van der Waals surface area contributed by atoms with Gasteiger partial charge in [0.25, 0.3) is 5.91 Å². The minimum atomic E-state index is -0.879. The van der Waals surface area contributed by atoms with Gasteiger partial charge in [-0.3, -0.25) is 9.69 Å². The Morgan fingerprint density at radius 1 is 1.25 bits per heavy atom. The molecule has 0 saturated heterocycles. The first kappa shape index (κ1) is 21.4. The molecule has 28 heavy (non-hydrogen) atoms. The Morgan fingerprint density at radius 3 is 2.43 bits per heavy atom. The third-order valence-electron chi connectivity index (χ3n) is 4.60. The molecule has 9 heteroatoms. The standard InChI is InChI=1S/C19H27N5O4/c1-11(2)23(12(3)4)9-10-24-16-13(7-6-8-14(16)18(26)28-5)15(17(24)25)21-22-19(20)27/h6-8,11-12H,9-10H2,1-5H3,(H3,20,22,27)/b21-15-. The second kappa shape index (κ2) is 8.83. The van der Waals surface area contributed by atoms with Crippen LogP contribution in [0.1, 0.15) is 43.6 Å². The van der Waals surface area contributed by atoms with E-state index in [0.717, 1.165) is 0 Å². The Hall–Kier alpha value is -2.94. The number of hydrogen-bond acceptors (Lipinski definition) is 6. The maximum absolute atomic E-state index is 13.0. The molecule has 1 heterocycles. The molecule has 3 amide bonds. The van der Waals surface area contributed by atoms with Crippen molar-refractivity contribution in [2.45, 2.75) is 39.8 Å². The van der Waals surface area contributed by atoms with E-state index in [1.165, 1.54) is 12.0 Å². The van der Waals surface area contributed by atoms with Gasteiger partial charge in [-0.1, -0.05) is 12.1 Å². The number of para-hydroxylation sites is 1. The summed E-state index contributed by atoms with van der Waals surface area (Å²) in [5.74, 6) is -0.962. The number of methoxy groups -OCH3 is 1. The lowest BCUT2D eigenvalue weighted by atomic mass is 10.1. The van der Waals surface area contributed by atoms with E-state index in [1.807, 2.05) is 0 Å². The van der Waals surface area contributed by atoms with E-state index < -0.39 is 17.9 Å². The molecule has 2 rings (SSSR count). The van der Waals surface area contributed by atoms with Gasteiger partial charge < -0.3 is 15.4 Å². The van der Waals surface area contributed by atoms with E-state index in [9.17, 15) is 14.4 Å². The van der Waals surface area contributed by atoms with Gasteiger partial charge in [-0.15, -0.1) is 0 Å². The van der Waals surface area contributed by atoms with Crippen LogP contribution in [0.3, 0.4) is 0 Å². The fourth-order valence-corrected chi connectivity index (χ4v) is 3.41. The van der Waals surface area contributed by atoms with Crippen molar-refractivity contribution >= 4 is 29.3 Å². The van der Waals surface area contributed by atoms with E-state index in [1.54, 1.807) is 18.2 Å². The number of fused-ring (bicyclic) bond motifs is 1. The minimum Gasteiger partial charge on any atom is -0.465 e. The van der Waals surface area contributed by atoms with Gasteiger partial charge in [-0.05, 0) is 33.8 Å². The van der Waals surface area contributed by atoms with Gasteiger partial charge in [0.2, 0.25) is 0 Å². The van der Waals surface area contributed by atoms with Crippen LogP contribution in [0.4, 0.5) is 10.5 Å². The van der Waals surface area contributed by atoms with Crippen LogP contribution < -0.4 is 16.1 Å². The summed E-state index contributed by atoms with van der Waals surface area (Å²) < 4.78 is 4.86. The Kier molecular flexibility index (Phi) is 6.74. The molecule has 0 radical (unpaired) electrons. The van der Waals surface area contributed by atoms with Crippen molar-refractivity contribution in [1.29, 1.82) is 0 Å². The van der Waals surface area contributed by atoms with E-state index in [-0.39, 0.29) is 23.4 Å². The number of hydrazone groups is 1. The molecule has 1 aliphatic heterocycles. The summed E-state index contributed by atoms with van der Waals surface area (Å²) in [5.41, 5.74) is 8.33. The number of esters is 1. The lowest BCUT2D eigenvalue weighted by molar-refractivity contribution is -0.112. The van der Waals surface area contributed by atoms with E-state index in [0.29, 0.717) is 24.3 Å². The minimum absolute atomic E-state index is 0.0280. The first-order valence-electron chi connectivity index (χ1n) is 9.11. The number of urea groups is 1. The first-order valence-corrected chi connectivity index (χ1v) is 9.11. The average Bonchev–Trinajstić information content (AvgIpc) is 2.90. The average molecular weight is 389 g/mol. The molecule has 0 spiro atoms. The van der Waals surface area contributed by atoms with Crippen LogP contribution in [0.15, 0.2) is 23.3 Å². The Morgan fingerprint density at radius 2 is 1.89 bits per heavy atom. The van der Waals surface area contributed by atoms with Crippen molar-refractivity contribution in [3.05, 3.63) is 29.3 Å². The normalized spacial score (nSPS) is 14.9. The van der Waals surface area contributed by atoms with Crippen LogP contribution in [0.5, 0.6) is 0 Å². The fourth-order valence-electron chi connectivity index (χ4n) is 3.41. The van der Waals surface area contributed by atoms with Crippen molar-refractivity contribution in [2.75, 3.05) is 25.1 Å². The molecule has 0 saturated carbocycles. The highest BCUT2D eigenvalue weighted by Crippen LogP contribution is 2.33. The first-order chi connectivity index (χ1) is 13.2. The van der Waals surface area contributed by atoms with Gasteiger partial charge in [-0.25, -0.2) is 15.0 Å². The topological polar surface area (TPSA) is 117 Å². The molecular formula is C19H27N5O4. The number of amides is 3. The highest BCUT2D eigenvalue weighted by atomic mass is 16.5. The van der Waals surface area contributed by atoms with Crippen LogP contribution in [0.2, 0.25) is 0 Å². The third kappa shape index (κ3) is 4.30. The van der Waals surface area contributed by atoms with Gasteiger partial charge in [0.1, 0.15) is 0 Å². The molecule has 1 aromatic rings. The molecule has 0 unspecified atom stereocenters. The number of carbonyl (C=O) groups excluding carboxylic acids is 3. The zero-order valence-electron chi connectivity index (χ0n) is 16.9. The number of anilines is 1. The molecule has 0 aliphatic carbocycles. The molecule has 0 atom stereocenters. The number of carbonyl (C=O) groups is 3. The molecule has 9 nitrogen and oxygen atoms in total. The number of hydrogen-bond donors (Lipinski definition) is 2. The van der Waals surface area contributed by atoms with E-state index in [2.05, 4.69) is 43.1 Å². The second-order valence-corrected chi connectivity index (χ2v) is 7.01. The van der Waals surface area contributed by atoms with Crippen molar-refractivity contribution in [3.8, 4) is 0 Å². The number of rotatable bonds is 7. The molecule has 1 aromatic carbocycles. The largest absolute Gasteiger partial charge is 0.465 e. The number of benzene rings is 1. The molecule has 3 N–H and O–H groups in total. The Balaban J connectivity index is 2.47. The molecule has 0 fully saturated rings. The van der Waals surface area contributed by atoms with Crippen molar-refractivity contribution in [1.82, 2.24) is 10.3 Å². The maximum Gasteiger partial charge on any atom is 0.340 e. The van der Waals surface area contributed by atoms with Gasteiger partial charge >= 0.3 is 12.0 Å². The summed E-state index contributed by atoms with van der Waals surface area (Å²) in [5, 5.41) is 3.85. The predicted octanol–water partition coefficient (Wildman–Crippen LogP) is 1.31. The van der Waals surface area contributed by atoms with Crippen LogP contribution in [0.25, 0.3) is 0 Å². The van der Waals surface area contributed by atoms with Gasteiger partial charge in [0, 0.05) is 30.7 Å². The van der Waals surface area contributed by atoms with Crippen LogP contribution in [0, 0.1) is 0 Å². The van der Waals surface area contributed by atoms with E-state index in [4.69, 9.17) is 10.5 Å². The zero-order chi connectivity index (χ0) is 21.0. The van der Waals surface area contributed by atoms with Gasteiger partial charge in [0.15, 0.2) is 5.71 Å². The molecule has 1 aliphatic rings. The summed E-state index contributed by atoms with van der Waals surface area (Å²) in [6.07, 6.45) is 0. The van der Waals surface area contributed by atoms with Crippen molar-refractivity contribution in [3.63, 3.8) is 0 Å². The molecule has 0 aromatic heterocycles. The Labute approximate surface area is 164 Å². The summed E-state index contributed by atoms with van der Waals surface area (Å²) in [7, 11) is 1.28. The smallest absolute Gasteiger partial charge is 0.340 e. The highest BCUT2D eigenvalue weighted by molar-refractivity contribution is 6.55. The maximum atomic E-state index is 13.0. The van der Waals surface area contributed by atoms with Gasteiger partial charge in [-0.2, -0.15) is 5.10 Å². The van der Waals surface area contributed by atoms with Crippen LogP contribution in [-0.2, 0) is 9.53 Å². The molecular weight excluding hydrogens is 362 g/mol. The molecule has 0 bridgehead atoms. The second-order valence-electron chi connectivity index (χ2n) is 7.01. The Bertz CT molecular complexity index is 796. The number of nitrogens with one attached hydrogen (secondary N) is 1.